The van der Waals surface area contributed by atoms with Crippen molar-refractivity contribution >= 4 is 27.5 Å². The fourth-order valence-electron chi connectivity index (χ4n) is 2.38. The molecule has 4 heteroatoms. The third-order valence-corrected chi connectivity index (χ3v) is 4.48. The fourth-order valence-corrected chi connectivity index (χ4v) is 3.36. The Hall–Kier alpha value is -1.55. The van der Waals surface area contributed by atoms with Gasteiger partial charge in [0, 0.05) is 17.8 Å². The molecule has 2 N–H and O–H groups in total. The first-order valence-corrected chi connectivity index (χ1v) is 8.63. The number of aryl methyl sites for hydroxylation is 1. The molecule has 2 amide bonds. The Bertz CT molecular complexity index is 591. The molecule has 0 aliphatic carbocycles. The number of carbonyl (C=O) groups excluding carboxylic acids is 1. The average Bonchev–Trinajstić information content (AvgIpc) is 2.88. The van der Waals surface area contributed by atoms with Crippen LogP contribution in [0.25, 0.3) is 10.1 Å². The third-order valence-electron chi connectivity index (χ3n) is 3.47. The Morgan fingerprint density at radius 1 is 1.10 bits per heavy atom. The molecule has 1 heterocycles. The molecule has 2 rings (SSSR count). The van der Waals surface area contributed by atoms with Gasteiger partial charge in [0.1, 0.15) is 0 Å². The van der Waals surface area contributed by atoms with E-state index in [0.717, 1.165) is 25.8 Å². The summed E-state index contributed by atoms with van der Waals surface area (Å²) in [6.45, 7) is 5.66. The summed E-state index contributed by atoms with van der Waals surface area (Å²) in [5.74, 6) is 0. The van der Waals surface area contributed by atoms with Gasteiger partial charge in [0.05, 0.1) is 0 Å². The first-order chi connectivity index (χ1) is 10.2. The number of rotatable bonds is 7. The lowest BCUT2D eigenvalue weighted by Crippen LogP contribution is -2.36. The van der Waals surface area contributed by atoms with E-state index in [2.05, 4.69) is 41.1 Å². The van der Waals surface area contributed by atoms with Crippen LogP contribution in [0.4, 0.5) is 4.79 Å². The van der Waals surface area contributed by atoms with Crippen LogP contribution in [-0.4, -0.2) is 19.1 Å². The van der Waals surface area contributed by atoms with Crippen LogP contribution in [0.2, 0.25) is 0 Å². The van der Waals surface area contributed by atoms with Crippen molar-refractivity contribution < 1.29 is 4.79 Å². The molecule has 3 nitrogen and oxygen atoms in total. The maximum absolute atomic E-state index is 11.5. The highest BCUT2D eigenvalue weighted by Crippen LogP contribution is 2.27. The fraction of sp³-hybridized carbons (Fsp3) is 0.471. The van der Waals surface area contributed by atoms with Gasteiger partial charge >= 0.3 is 6.03 Å². The predicted octanol–water partition coefficient (Wildman–Crippen LogP) is 4.11. The number of amides is 2. The van der Waals surface area contributed by atoms with Crippen LogP contribution in [0.5, 0.6) is 0 Å². The molecule has 21 heavy (non-hydrogen) atoms. The van der Waals surface area contributed by atoms with Gasteiger partial charge in [-0.3, -0.25) is 0 Å². The van der Waals surface area contributed by atoms with Gasteiger partial charge in [0.25, 0.3) is 0 Å². The molecule has 0 saturated heterocycles. The summed E-state index contributed by atoms with van der Waals surface area (Å²) >= 11 is 1.79. The highest BCUT2D eigenvalue weighted by atomic mass is 32.1. The second-order valence-corrected chi connectivity index (χ2v) is 6.19. The van der Waals surface area contributed by atoms with Crippen molar-refractivity contribution in [3.63, 3.8) is 0 Å². The Morgan fingerprint density at radius 3 is 2.67 bits per heavy atom. The van der Waals surface area contributed by atoms with Crippen molar-refractivity contribution in [3.05, 3.63) is 34.7 Å². The molecule has 0 aliphatic rings. The molecule has 0 fully saturated rings. The van der Waals surface area contributed by atoms with Crippen LogP contribution in [0.3, 0.4) is 0 Å². The summed E-state index contributed by atoms with van der Waals surface area (Å²) in [6.07, 6.45) is 4.14. The zero-order chi connectivity index (χ0) is 15.1. The number of urea groups is 1. The van der Waals surface area contributed by atoms with Gasteiger partial charge in [-0.15, -0.1) is 11.3 Å². The number of fused-ring (bicyclic) bond motifs is 1. The number of nitrogens with one attached hydrogen (secondary N) is 2. The third kappa shape index (κ3) is 4.46. The lowest BCUT2D eigenvalue weighted by molar-refractivity contribution is 0.241. The van der Waals surface area contributed by atoms with E-state index in [0.29, 0.717) is 6.54 Å². The summed E-state index contributed by atoms with van der Waals surface area (Å²) in [5.41, 5.74) is 2.74. The molecule has 0 saturated carbocycles. The Labute approximate surface area is 130 Å². The normalized spacial score (nSPS) is 10.8. The van der Waals surface area contributed by atoms with Crippen molar-refractivity contribution in [3.8, 4) is 0 Å². The number of hydrogen-bond acceptors (Lipinski definition) is 2. The van der Waals surface area contributed by atoms with Crippen molar-refractivity contribution in [2.24, 2.45) is 0 Å². The van der Waals surface area contributed by atoms with Crippen molar-refractivity contribution in [1.82, 2.24) is 10.6 Å². The van der Waals surface area contributed by atoms with E-state index < -0.39 is 0 Å². The SMILES string of the molecule is CCCNC(=O)NCCc1csc2ccc(CCC)cc12. The first kappa shape index (κ1) is 15.8. The van der Waals surface area contributed by atoms with Crippen LogP contribution in [0.15, 0.2) is 23.6 Å². The lowest BCUT2D eigenvalue weighted by Gasteiger charge is -2.06. The highest BCUT2D eigenvalue weighted by Gasteiger charge is 2.06. The maximum Gasteiger partial charge on any atom is 0.314 e. The molecule has 0 radical (unpaired) electrons. The molecule has 0 aliphatic heterocycles. The molecule has 0 unspecified atom stereocenters. The smallest absolute Gasteiger partial charge is 0.314 e. The second-order valence-electron chi connectivity index (χ2n) is 5.27. The van der Waals surface area contributed by atoms with E-state index in [9.17, 15) is 4.79 Å². The van der Waals surface area contributed by atoms with E-state index >= 15 is 0 Å². The van der Waals surface area contributed by atoms with Crippen LogP contribution < -0.4 is 10.6 Å². The minimum atomic E-state index is -0.0666. The van der Waals surface area contributed by atoms with E-state index in [1.54, 1.807) is 11.3 Å². The molecule has 0 atom stereocenters. The molecule has 1 aromatic carbocycles. The van der Waals surface area contributed by atoms with Gasteiger partial charge in [-0.1, -0.05) is 32.4 Å². The molecular weight excluding hydrogens is 280 g/mol. The number of hydrogen-bond donors (Lipinski definition) is 2. The number of thiophene rings is 1. The van der Waals surface area contributed by atoms with Crippen LogP contribution in [0.1, 0.15) is 37.8 Å². The van der Waals surface area contributed by atoms with Gasteiger partial charge in [0.15, 0.2) is 0 Å². The average molecular weight is 304 g/mol. The van der Waals surface area contributed by atoms with Gasteiger partial charge in [-0.05, 0) is 47.2 Å². The molecule has 0 bridgehead atoms. The van der Waals surface area contributed by atoms with Crippen LogP contribution >= 0.6 is 11.3 Å². The van der Waals surface area contributed by atoms with Gasteiger partial charge in [-0.2, -0.15) is 0 Å². The Morgan fingerprint density at radius 2 is 1.90 bits per heavy atom. The van der Waals surface area contributed by atoms with Crippen LogP contribution in [-0.2, 0) is 12.8 Å². The predicted molar refractivity (Wildman–Crippen MR) is 91.2 cm³/mol. The Kier molecular flexibility index (Phi) is 6.05. The second kappa shape index (κ2) is 8.03. The zero-order valence-electron chi connectivity index (χ0n) is 12.9. The van der Waals surface area contributed by atoms with Crippen LogP contribution in [0, 0.1) is 0 Å². The summed E-state index contributed by atoms with van der Waals surface area (Å²) < 4.78 is 1.33. The van der Waals surface area contributed by atoms with Gasteiger partial charge in [0.2, 0.25) is 0 Å². The lowest BCUT2D eigenvalue weighted by atomic mass is 10.0. The number of carbonyl (C=O) groups is 1. The maximum atomic E-state index is 11.5. The molecule has 114 valence electrons. The van der Waals surface area contributed by atoms with E-state index in [1.807, 2.05) is 6.92 Å². The highest BCUT2D eigenvalue weighted by molar-refractivity contribution is 7.17. The summed E-state index contributed by atoms with van der Waals surface area (Å²) in [7, 11) is 0. The van der Waals surface area contributed by atoms with Crippen molar-refractivity contribution in [1.29, 1.82) is 0 Å². The Balaban J connectivity index is 1.95. The topological polar surface area (TPSA) is 41.1 Å². The van der Waals surface area contributed by atoms with Crippen molar-refractivity contribution in [2.45, 2.75) is 39.5 Å². The zero-order valence-corrected chi connectivity index (χ0v) is 13.7. The van der Waals surface area contributed by atoms with Crippen molar-refractivity contribution in [2.75, 3.05) is 13.1 Å². The van der Waals surface area contributed by atoms with Gasteiger partial charge in [-0.25, -0.2) is 4.79 Å². The quantitative estimate of drug-likeness (QED) is 0.794. The van der Waals surface area contributed by atoms with Gasteiger partial charge < -0.3 is 10.6 Å². The summed E-state index contributed by atoms with van der Waals surface area (Å²) in [5, 5.41) is 9.31. The molecule has 2 aromatic rings. The minimum Gasteiger partial charge on any atom is -0.338 e. The monoisotopic (exact) mass is 304 g/mol. The standard InChI is InChI=1S/C17H24N2OS/c1-3-5-13-6-7-16-15(11-13)14(12-21-16)8-10-19-17(20)18-9-4-2/h6-7,11-12H,3-5,8-10H2,1-2H3,(H2,18,19,20). The summed E-state index contributed by atoms with van der Waals surface area (Å²) in [4.78, 5) is 11.5. The largest absolute Gasteiger partial charge is 0.338 e. The molecule has 0 spiro atoms. The first-order valence-electron chi connectivity index (χ1n) is 7.75. The minimum absolute atomic E-state index is 0.0666. The van der Waals surface area contributed by atoms with E-state index in [4.69, 9.17) is 0 Å². The van der Waals surface area contributed by atoms with E-state index in [1.165, 1.54) is 27.6 Å². The molecular formula is C17H24N2OS. The molecule has 1 aromatic heterocycles. The summed E-state index contributed by atoms with van der Waals surface area (Å²) in [6, 6.07) is 6.68. The van der Waals surface area contributed by atoms with E-state index in [-0.39, 0.29) is 6.03 Å². The number of benzene rings is 1.